The van der Waals surface area contributed by atoms with Crippen LogP contribution in [0.2, 0.25) is 0 Å². The van der Waals surface area contributed by atoms with Crippen molar-refractivity contribution in [2.75, 3.05) is 82.6 Å². The molecular formula is C48H86N8O2W2-6. The molecule has 3 fully saturated rings. The minimum Gasteiger partial charge on any atom is -0.686 e. The summed E-state index contributed by atoms with van der Waals surface area (Å²) in [5, 5.41) is 19.1. The summed E-state index contributed by atoms with van der Waals surface area (Å²) in [4.78, 5) is 9.16. The first-order valence-corrected chi connectivity index (χ1v) is 21.4. The van der Waals surface area contributed by atoms with Crippen LogP contribution in [-0.4, -0.2) is 149 Å². The van der Waals surface area contributed by atoms with Gasteiger partial charge in [-0.15, -0.1) is 32.2 Å². The number of nitrogens with zero attached hydrogens (tertiary/aromatic N) is 8. The Balaban J connectivity index is 0. The van der Waals surface area contributed by atoms with Crippen molar-refractivity contribution < 1.29 is 53.1 Å². The Morgan fingerprint density at radius 1 is 0.517 bits per heavy atom. The van der Waals surface area contributed by atoms with Crippen LogP contribution < -0.4 is 0 Å². The molecule has 12 heteroatoms. The summed E-state index contributed by atoms with van der Waals surface area (Å²) in [5.41, 5.74) is 17.1. The van der Waals surface area contributed by atoms with Crippen molar-refractivity contribution in [1.29, 1.82) is 0 Å². The number of piperidine rings is 3. The van der Waals surface area contributed by atoms with Crippen LogP contribution in [0.15, 0.2) is 23.5 Å². The van der Waals surface area contributed by atoms with E-state index in [9.17, 15) is 0 Å². The maximum atomic E-state index is 4.84. The van der Waals surface area contributed by atoms with Gasteiger partial charge in [-0.2, -0.15) is 73.4 Å². The zero-order chi connectivity index (χ0) is 42.0. The summed E-state index contributed by atoms with van der Waals surface area (Å²) in [6.45, 7) is 25.8. The molecule has 4 aliphatic heterocycles. The summed E-state index contributed by atoms with van der Waals surface area (Å²) in [7, 11) is 17.2. The molecule has 10 nitrogen and oxygen atoms in total. The number of hydrogen-bond donors (Lipinski definition) is 0. The molecule has 0 saturated carbocycles. The van der Waals surface area contributed by atoms with E-state index in [-0.39, 0.29) is 59.1 Å². The van der Waals surface area contributed by atoms with Crippen molar-refractivity contribution >= 4 is 0 Å². The SMILES string of the molecule is CN(C)C1=CC[N-]C(C2CC(N(C)C)CC[N-]2)=C1.CN(C)C1CC[N-]C(C2CC(N(C)C)CC[N-]2)C1.Cc1c(C)c(C)[c-](C)c1C.Cc1c(C)c(C)[c-](C)c1C.O.O.[W].[W]. The maximum absolute atomic E-state index is 4.84. The van der Waals surface area contributed by atoms with Gasteiger partial charge in [-0.05, 0) is 42.3 Å². The van der Waals surface area contributed by atoms with Crippen LogP contribution >= 0.6 is 0 Å². The first-order valence-electron chi connectivity index (χ1n) is 21.4. The predicted octanol–water partition coefficient (Wildman–Crippen LogP) is 8.33. The van der Waals surface area contributed by atoms with Crippen molar-refractivity contribution in [3.63, 3.8) is 0 Å². The third-order valence-corrected chi connectivity index (χ3v) is 14.0. The first kappa shape index (κ1) is 60.9. The Labute approximate surface area is 397 Å². The van der Waals surface area contributed by atoms with Crippen LogP contribution in [0, 0.1) is 69.2 Å². The molecule has 3 saturated heterocycles. The van der Waals surface area contributed by atoms with Crippen LogP contribution in [-0.2, 0) is 42.1 Å². The predicted molar refractivity (Wildman–Crippen MR) is 253 cm³/mol. The topological polar surface area (TPSA) is 132 Å². The quantitative estimate of drug-likeness (QED) is 0.269. The maximum Gasteiger partial charge on any atom is 0.0289 e. The molecule has 4 aliphatic rings. The van der Waals surface area contributed by atoms with Gasteiger partial charge in [0.1, 0.15) is 0 Å². The number of allylic oxidation sites excluding steroid dienone is 1. The van der Waals surface area contributed by atoms with Gasteiger partial charge in [0.05, 0.1) is 0 Å². The minimum atomic E-state index is 0. The Morgan fingerprint density at radius 3 is 1.15 bits per heavy atom. The van der Waals surface area contributed by atoms with Gasteiger partial charge in [0.25, 0.3) is 0 Å². The summed E-state index contributed by atoms with van der Waals surface area (Å²) >= 11 is 0. The molecule has 2 aromatic carbocycles. The van der Waals surface area contributed by atoms with Gasteiger partial charge in [0, 0.05) is 80.0 Å². The number of hydrogen-bond acceptors (Lipinski definition) is 4. The van der Waals surface area contributed by atoms with Crippen molar-refractivity contribution in [3.8, 4) is 0 Å². The monoisotopic (exact) mass is 1170 g/mol. The summed E-state index contributed by atoms with van der Waals surface area (Å²) in [5.74, 6) is 0. The van der Waals surface area contributed by atoms with E-state index in [0.29, 0.717) is 30.2 Å². The molecule has 4 heterocycles. The molecule has 4 N–H and O–H groups in total. The van der Waals surface area contributed by atoms with Gasteiger partial charge in [-0.1, -0.05) is 120 Å². The van der Waals surface area contributed by atoms with Gasteiger partial charge in [0.15, 0.2) is 0 Å². The smallest absolute Gasteiger partial charge is 0.0289 e. The summed E-state index contributed by atoms with van der Waals surface area (Å²) < 4.78 is 0. The van der Waals surface area contributed by atoms with E-state index >= 15 is 0 Å². The zero-order valence-corrected chi connectivity index (χ0v) is 47.0. The van der Waals surface area contributed by atoms with Gasteiger partial charge < -0.3 is 51.8 Å². The number of rotatable bonds is 6. The van der Waals surface area contributed by atoms with Crippen molar-refractivity contribution in [3.05, 3.63) is 100 Å². The molecule has 6 rings (SSSR count). The van der Waals surface area contributed by atoms with Gasteiger partial charge in [0.2, 0.25) is 0 Å². The van der Waals surface area contributed by atoms with E-state index < -0.39 is 0 Å². The Kier molecular flexibility index (Phi) is 29.0. The molecule has 0 spiro atoms. The molecule has 0 radical (unpaired) electrons. The minimum absolute atomic E-state index is 0. The third kappa shape index (κ3) is 16.8. The second-order valence-corrected chi connectivity index (χ2v) is 18.0. The standard InChI is InChI=1S/C14H28N4.C14H24N4.2C10H15.2H2O.2W/c2*1-17(2)11-5-7-15-13(9-11)14-10-12(18(3)4)6-8-16-14;2*1-6-7(2)9(4)10(5)8(6)3;;;;/h11-14H,5-10H2,1-4H3;5,9,12,14H,6-8,10H2,1-4H3;2*1-5H3;2*1H2;;/q2*-2;2*-1;;;;. The fraction of sp³-hybridized carbons (Fsp3) is 0.708. The normalized spacial score (nSPS) is 23.6. The zero-order valence-electron chi connectivity index (χ0n) is 41.1. The Hall–Kier alpha value is -1.16. The van der Waals surface area contributed by atoms with Crippen molar-refractivity contribution in [1.82, 2.24) is 19.6 Å². The first-order chi connectivity index (χ1) is 26.3. The van der Waals surface area contributed by atoms with E-state index in [4.69, 9.17) is 16.0 Å². The average molecular weight is 1170 g/mol. The molecule has 348 valence electrons. The second kappa shape index (κ2) is 28.6. The molecule has 0 amide bonds. The largest absolute Gasteiger partial charge is 0.686 e. The molecule has 0 aromatic heterocycles. The molecule has 6 atom stereocenters. The summed E-state index contributed by atoms with van der Waals surface area (Å²) in [6.07, 6.45) is 11.4. The average Bonchev–Trinajstić information content (AvgIpc) is 3.47. The third-order valence-electron chi connectivity index (χ3n) is 14.0. The molecule has 0 aliphatic carbocycles. The van der Waals surface area contributed by atoms with Crippen LogP contribution in [0.1, 0.15) is 94.2 Å². The summed E-state index contributed by atoms with van der Waals surface area (Å²) in [6, 6.07) is 3.25. The molecular weight excluding hydrogens is 1090 g/mol. The molecule has 6 unspecified atom stereocenters. The van der Waals surface area contributed by atoms with Gasteiger partial charge in [-0.3, -0.25) is 0 Å². The van der Waals surface area contributed by atoms with E-state index in [2.05, 4.69) is 163 Å². The van der Waals surface area contributed by atoms with Crippen LogP contribution in [0.25, 0.3) is 21.3 Å². The van der Waals surface area contributed by atoms with Crippen LogP contribution in [0.5, 0.6) is 0 Å². The van der Waals surface area contributed by atoms with Gasteiger partial charge in [-0.25, -0.2) is 0 Å². The van der Waals surface area contributed by atoms with E-state index in [1.807, 2.05) is 0 Å². The Morgan fingerprint density at radius 2 is 0.850 bits per heavy atom. The van der Waals surface area contributed by atoms with E-state index in [0.717, 1.165) is 38.3 Å². The fourth-order valence-corrected chi connectivity index (χ4v) is 8.56. The molecule has 0 bridgehead atoms. The Bertz CT molecular complexity index is 1350. The van der Waals surface area contributed by atoms with E-state index in [1.54, 1.807) is 0 Å². The van der Waals surface area contributed by atoms with E-state index in [1.165, 1.54) is 93.4 Å². The molecule has 2 aromatic rings. The van der Waals surface area contributed by atoms with Crippen molar-refractivity contribution in [2.45, 2.75) is 144 Å². The fourth-order valence-electron chi connectivity index (χ4n) is 8.56. The number of likely N-dealkylation sites (N-methyl/N-ethyl adjacent to an activating group) is 1. The van der Waals surface area contributed by atoms with Crippen molar-refractivity contribution in [2.24, 2.45) is 0 Å². The van der Waals surface area contributed by atoms with Crippen LogP contribution in [0.4, 0.5) is 0 Å². The molecule has 60 heavy (non-hydrogen) atoms. The van der Waals surface area contributed by atoms with Crippen LogP contribution in [0.3, 0.4) is 0 Å². The van der Waals surface area contributed by atoms with Gasteiger partial charge >= 0.3 is 0 Å². The second-order valence-electron chi connectivity index (χ2n) is 18.0.